The quantitative estimate of drug-likeness (QED) is 0.818. The zero-order valence-corrected chi connectivity index (χ0v) is 12.5. The summed E-state index contributed by atoms with van der Waals surface area (Å²) in [6.07, 6.45) is 5.03. The molecular formula is C14H16ClNO3S. The van der Waals surface area contributed by atoms with Gasteiger partial charge in [-0.1, -0.05) is 18.2 Å². The third-order valence-electron chi connectivity index (χ3n) is 3.69. The molecule has 2 aromatic rings. The first-order chi connectivity index (χ1) is 9.55. The van der Waals surface area contributed by atoms with Crippen LogP contribution >= 0.6 is 10.7 Å². The highest BCUT2D eigenvalue weighted by Gasteiger charge is 2.21. The van der Waals surface area contributed by atoms with Gasteiger partial charge in [0.25, 0.3) is 9.05 Å². The van der Waals surface area contributed by atoms with Gasteiger partial charge in [0.2, 0.25) is 0 Å². The van der Waals surface area contributed by atoms with Crippen LogP contribution in [0.3, 0.4) is 0 Å². The number of rotatable bonds is 3. The fourth-order valence-electron chi connectivity index (χ4n) is 2.73. The van der Waals surface area contributed by atoms with Crippen LogP contribution in [0.2, 0.25) is 0 Å². The Labute approximate surface area is 122 Å². The first-order valence-corrected chi connectivity index (χ1v) is 9.01. The molecule has 1 fully saturated rings. The van der Waals surface area contributed by atoms with Gasteiger partial charge in [-0.2, -0.15) is 0 Å². The summed E-state index contributed by atoms with van der Waals surface area (Å²) in [6.45, 7) is 1.44. The Bertz CT molecular complexity index is 717. The Morgan fingerprint density at radius 1 is 1.30 bits per heavy atom. The Morgan fingerprint density at radius 2 is 2.10 bits per heavy atom. The van der Waals surface area contributed by atoms with Crippen molar-refractivity contribution >= 4 is 30.6 Å². The fraction of sp³-hybridized carbons (Fsp3) is 0.429. The number of halogens is 1. The minimum Gasteiger partial charge on any atom is -0.376 e. The van der Waals surface area contributed by atoms with Gasteiger partial charge in [0.05, 0.1) is 6.10 Å². The SMILES string of the molecule is O=S(=O)(Cl)c1cn(CC2CCCCO2)c2ccccc12. The molecule has 3 rings (SSSR count). The predicted octanol–water partition coefficient (Wildman–Crippen LogP) is 3.14. The van der Waals surface area contributed by atoms with Crippen LogP contribution in [0.1, 0.15) is 19.3 Å². The number of hydrogen-bond acceptors (Lipinski definition) is 3. The van der Waals surface area contributed by atoms with E-state index in [0.29, 0.717) is 11.9 Å². The van der Waals surface area contributed by atoms with Gasteiger partial charge in [0, 0.05) is 40.9 Å². The summed E-state index contributed by atoms with van der Waals surface area (Å²) in [5.74, 6) is 0. The first-order valence-electron chi connectivity index (χ1n) is 6.70. The number of aromatic nitrogens is 1. The summed E-state index contributed by atoms with van der Waals surface area (Å²) >= 11 is 0. The molecule has 0 bridgehead atoms. The van der Waals surface area contributed by atoms with Crippen molar-refractivity contribution in [1.29, 1.82) is 0 Å². The minimum absolute atomic E-state index is 0.144. The molecule has 0 amide bonds. The Balaban J connectivity index is 2.02. The smallest absolute Gasteiger partial charge is 0.263 e. The second-order valence-corrected chi connectivity index (χ2v) is 7.62. The molecule has 1 atom stereocenters. The standard InChI is InChI=1S/C14H16ClNO3S/c15-20(17,18)14-10-16(9-11-5-3-4-8-19-11)13-7-2-1-6-12(13)14/h1-2,6-7,10-11H,3-5,8-9H2. The molecule has 1 aromatic carbocycles. The first kappa shape index (κ1) is 13.9. The van der Waals surface area contributed by atoms with Gasteiger partial charge >= 0.3 is 0 Å². The average Bonchev–Trinajstić information content (AvgIpc) is 2.79. The highest BCUT2D eigenvalue weighted by atomic mass is 35.7. The predicted molar refractivity (Wildman–Crippen MR) is 78.6 cm³/mol. The van der Waals surface area contributed by atoms with Crippen LogP contribution in [-0.4, -0.2) is 25.7 Å². The fourth-order valence-corrected chi connectivity index (χ4v) is 3.79. The number of fused-ring (bicyclic) bond motifs is 1. The second-order valence-electron chi connectivity index (χ2n) is 5.09. The van der Waals surface area contributed by atoms with Gasteiger partial charge < -0.3 is 9.30 Å². The van der Waals surface area contributed by atoms with E-state index in [1.54, 1.807) is 12.3 Å². The Morgan fingerprint density at radius 3 is 2.80 bits per heavy atom. The van der Waals surface area contributed by atoms with Crippen molar-refractivity contribution < 1.29 is 13.2 Å². The van der Waals surface area contributed by atoms with Crippen molar-refractivity contribution in [1.82, 2.24) is 4.57 Å². The molecule has 2 heterocycles. The van der Waals surface area contributed by atoms with Crippen molar-refractivity contribution in [2.24, 2.45) is 0 Å². The molecule has 6 heteroatoms. The third kappa shape index (κ3) is 2.71. The molecule has 0 radical (unpaired) electrons. The van der Waals surface area contributed by atoms with Crippen LogP contribution < -0.4 is 0 Å². The monoisotopic (exact) mass is 313 g/mol. The van der Waals surface area contributed by atoms with Crippen LogP contribution in [0, 0.1) is 0 Å². The highest BCUT2D eigenvalue weighted by Crippen LogP contribution is 2.29. The second kappa shape index (κ2) is 5.39. The molecule has 1 unspecified atom stereocenters. The molecule has 0 saturated carbocycles. The molecule has 20 heavy (non-hydrogen) atoms. The van der Waals surface area contributed by atoms with E-state index < -0.39 is 9.05 Å². The maximum Gasteiger partial charge on any atom is 0.263 e. The van der Waals surface area contributed by atoms with E-state index in [1.807, 2.05) is 22.8 Å². The van der Waals surface area contributed by atoms with E-state index in [2.05, 4.69) is 0 Å². The Kier molecular flexibility index (Phi) is 3.75. The summed E-state index contributed by atoms with van der Waals surface area (Å²) in [4.78, 5) is 0.172. The summed E-state index contributed by atoms with van der Waals surface area (Å²) in [6, 6.07) is 7.40. The zero-order valence-electron chi connectivity index (χ0n) is 11.0. The van der Waals surface area contributed by atoms with Gasteiger partial charge in [-0.25, -0.2) is 8.42 Å². The molecule has 1 saturated heterocycles. The average molecular weight is 314 g/mol. The lowest BCUT2D eigenvalue weighted by atomic mass is 10.1. The topological polar surface area (TPSA) is 48.3 Å². The number of nitrogens with zero attached hydrogens (tertiary/aromatic N) is 1. The van der Waals surface area contributed by atoms with Gasteiger partial charge in [-0.05, 0) is 25.3 Å². The number of ether oxygens (including phenoxy) is 1. The van der Waals surface area contributed by atoms with E-state index in [4.69, 9.17) is 15.4 Å². The van der Waals surface area contributed by atoms with Crippen LogP contribution in [0.4, 0.5) is 0 Å². The van der Waals surface area contributed by atoms with Crippen LogP contribution in [0.15, 0.2) is 35.4 Å². The molecule has 1 aromatic heterocycles. The molecule has 4 nitrogen and oxygen atoms in total. The van der Waals surface area contributed by atoms with E-state index in [0.717, 1.165) is 31.4 Å². The summed E-state index contributed by atoms with van der Waals surface area (Å²) in [5.41, 5.74) is 0.876. The lowest BCUT2D eigenvalue weighted by molar-refractivity contribution is 0.00664. The molecule has 0 spiro atoms. The van der Waals surface area contributed by atoms with E-state index in [1.165, 1.54) is 0 Å². The van der Waals surface area contributed by atoms with E-state index in [9.17, 15) is 8.42 Å². The summed E-state index contributed by atoms with van der Waals surface area (Å²) < 4.78 is 31.0. The van der Waals surface area contributed by atoms with E-state index in [-0.39, 0.29) is 11.0 Å². The molecule has 1 aliphatic rings. The summed E-state index contributed by atoms with van der Waals surface area (Å²) in [5, 5.41) is 0.665. The van der Waals surface area contributed by atoms with Crippen molar-refractivity contribution in [3.8, 4) is 0 Å². The lowest BCUT2D eigenvalue weighted by Gasteiger charge is -2.23. The number of benzene rings is 1. The van der Waals surface area contributed by atoms with Crippen molar-refractivity contribution in [3.05, 3.63) is 30.5 Å². The Hall–Kier alpha value is -1.04. The minimum atomic E-state index is -3.74. The zero-order chi connectivity index (χ0) is 14.2. The largest absolute Gasteiger partial charge is 0.376 e. The van der Waals surface area contributed by atoms with Crippen molar-refractivity contribution in [2.45, 2.75) is 36.8 Å². The van der Waals surface area contributed by atoms with Gasteiger partial charge in [0.1, 0.15) is 4.90 Å². The van der Waals surface area contributed by atoms with Gasteiger partial charge in [-0.15, -0.1) is 0 Å². The van der Waals surface area contributed by atoms with Gasteiger partial charge in [0.15, 0.2) is 0 Å². The summed E-state index contributed by atoms with van der Waals surface area (Å²) in [7, 11) is 1.78. The van der Waals surface area contributed by atoms with E-state index >= 15 is 0 Å². The van der Waals surface area contributed by atoms with Crippen LogP contribution in [0.5, 0.6) is 0 Å². The van der Waals surface area contributed by atoms with Gasteiger partial charge in [-0.3, -0.25) is 0 Å². The molecule has 1 aliphatic heterocycles. The highest BCUT2D eigenvalue weighted by molar-refractivity contribution is 8.14. The van der Waals surface area contributed by atoms with Crippen LogP contribution in [0.25, 0.3) is 10.9 Å². The number of hydrogen-bond donors (Lipinski definition) is 0. The molecular weight excluding hydrogens is 298 g/mol. The third-order valence-corrected chi connectivity index (χ3v) is 5.04. The van der Waals surface area contributed by atoms with Crippen LogP contribution in [-0.2, 0) is 20.3 Å². The normalized spacial score (nSPS) is 20.4. The number of para-hydroxylation sites is 1. The molecule has 108 valence electrons. The van der Waals surface area contributed by atoms with Crippen molar-refractivity contribution in [3.63, 3.8) is 0 Å². The maximum atomic E-state index is 11.7. The lowest BCUT2D eigenvalue weighted by Crippen LogP contribution is -2.24. The molecule has 0 N–H and O–H groups in total. The van der Waals surface area contributed by atoms with Crippen molar-refractivity contribution in [2.75, 3.05) is 6.61 Å². The molecule has 0 aliphatic carbocycles. The maximum absolute atomic E-state index is 11.7.